The molecule has 5 aromatic carbocycles. The van der Waals surface area contributed by atoms with Gasteiger partial charge in [-0.25, -0.2) is 0 Å². The van der Waals surface area contributed by atoms with E-state index in [0.717, 1.165) is 47.7 Å². The molecule has 85 heavy (non-hydrogen) atoms. The fourth-order valence-corrected chi connectivity index (χ4v) is 9.28. The number of benzene rings is 5. The summed E-state index contributed by atoms with van der Waals surface area (Å²) in [5, 5.41) is 0.905. The standard InChI is InChI=1S/C17H18F2O.C17H14O.C15H9NO.C10H12F2O2.C10H12F2O.3Lr/c1-13(20)15-9-7-14(8-10-15)12-16-6-4-2-3-5-11-17(16,18)19;1-18-17-12-15-8-3-2-6-13(15)10-11-14-7-4-5-9-16(14)17;17-15-13-7-3-1-5-11(13)9-10-12-6-2-4-8-14(12)16-15;11-10(12)5-2-1-3-9(4-6-10)14-8-7-13;11-10(12)7-4-2-1-3-5-9(10)6-8-13;;;/h7-10,16H,2-4,6,12H2,1H3;2-9,17H,12H2,1H3;1-8H,(H,16,17);7,9H,1,3-4,6,8H2;8-9H,1-3,5-6H2;;;/i;;;7D;8D;;;/hD. The van der Waals surface area contributed by atoms with Crippen molar-refractivity contribution in [1.29, 1.82) is 0 Å². The van der Waals surface area contributed by atoms with E-state index in [1.807, 2.05) is 48.2 Å². The molecule has 10 rings (SSSR count). The third-order valence-electron chi connectivity index (χ3n) is 13.9. The van der Waals surface area contributed by atoms with Gasteiger partial charge < -0.3 is 24.4 Å². The smallest absolute Gasteiger partial charge is 0.311 e. The summed E-state index contributed by atoms with van der Waals surface area (Å²) >= 11 is 0. The van der Waals surface area contributed by atoms with Crippen LogP contribution < -0.4 is 5.31 Å². The predicted octanol–water partition coefficient (Wildman–Crippen LogP) is 14.4. The van der Waals surface area contributed by atoms with Gasteiger partial charge in [0, 0.05) is 85.3 Å². The van der Waals surface area contributed by atoms with Crippen LogP contribution >= 0.6 is 0 Å². The van der Waals surface area contributed by atoms with E-state index in [1.54, 1.807) is 61.7 Å². The first-order valence-corrected chi connectivity index (χ1v) is 27.2. The Kier molecular flexibility index (Phi) is 24.9. The minimum Gasteiger partial charge on any atom is -0.376 e. The SMILES string of the molecule is CC(=O)c1ccc(CC2CCCCC#CC2(F)F)cc1.COC1Cc2ccccc2C#Cc2ccccc21.[2H]C(=O)CC1CCCCC#CC1(F)F.[2H]C(=O)COC1CCC#CC(F)(F)CC1.[2H]N1C(=O)c2ccccc2C#Cc2ccccc21.[Lr].[Lr].[Lr]. The Morgan fingerprint density at radius 1 is 0.647 bits per heavy atom. The molecule has 1 aliphatic heterocycles. The first kappa shape index (κ1) is 63.1. The topological polar surface area (TPSA) is 98.8 Å². The van der Waals surface area contributed by atoms with Gasteiger partial charge in [-0.1, -0.05) is 139 Å². The number of carbonyl (C=O) groups is 4. The molecule has 16 heteroatoms. The maximum absolute atomic E-state index is 14.0. The van der Waals surface area contributed by atoms with E-state index in [9.17, 15) is 45.5 Å². The number of fused-ring (bicyclic) bond motifs is 4. The summed E-state index contributed by atoms with van der Waals surface area (Å²) < 4.78 is 112. The van der Waals surface area contributed by atoms with Gasteiger partial charge in [0.1, 0.15) is 21.9 Å². The molecule has 4 atom stereocenters. The number of halogens is 6. The van der Waals surface area contributed by atoms with Crippen molar-refractivity contribution in [3.05, 3.63) is 171 Å². The average Bonchev–Trinajstić information content (AvgIpc) is 3.04. The minimum absolute atomic E-state index is 0. The van der Waals surface area contributed by atoms with Crippen LogP contribution in [0.15, 0.2) is 121 Å². The molecular weight excluding hydrogens is 1840 g/mol. The second-order valence-corrected chi connectivity index (χ2v) is 19.9. The summed E-state index contributed by atoms with van der Waals surface area (Å²) in [5.74, 6) is 14.7. The summed E-state index contributed by atoms with van der Waals surface area (Å²) in [5.41, 5.74) is 8.39. The molecule has 3 radical (unpaired) electrons. The molecule has 1 amide bonds. The van der Waals surface area contributed by atoms with Crippen LogP contribution in [-0.4, -0.2) is 61.8 Å². The molecule has 0 aromatic heterocycles. The number of ketones is 1. The van der Waals surface area contributed by atoms with E-state index < -0.39 is 42.1 Å². The Hall–Kier alpha value is -11.1. The Morgan fingerprint density at radius 3 is 1.86 bits per heavy atom. The number of para-hydroxylation sites is 1. The van der Waals surface area contributed by atoms with Gasteiger partial charge in [-0.3, -0.25) is 9.59 Å². The zero-order chi connectivity index (χ0) is 61.4. The Bertz CT molecular complexity index is 3490. The van der Waals surface area contributed by atoms with Gasteiger partial charge >= 0.3 is 17.8 Å². The molecule has 5 aromatic rings. The number of rotatable bonds is 9. The summed E-state index contributed by atoms with van der Waals surface area (Å²) in [6, 6.07) is 37.7. The number of hydrogen-bond donors (Lipinski definition) is 1. The molecule has 0 fully saturated rings. The van der Waals surface area contributed by atoms with Crippen LogP contribution in [0.1, 0.15) is 159 Å². The number of hydrogen-bond acceptors (Lipinski definition) is 6. The fraction of sp³-hybridized carbons (Fsp3) is 0.362. The number of alkyl halides is 6. The monoisotopic (exact) mass is 1910 g/mol. The van der Waals surface area contributed by atoms with Gasteiger partial charge in [0.15, 0.2) is 7.20 Å². The Labute approximate surface area is 482 Å². The number of nitrogens with one attached hydrogen (secondary N) is 1. The van der Waals surface area contributed by atoms with E-state index in [0.29, 0.717) is 72.9 Å². The van der Waals surface area contributed by atoms with Gasteiger partial charge in [-0.05, 0) is 123 Å². The number of amides is 1. The molecule has 0 bridgehead atoms. The van der Waals surface area contributed by atoms with E-state index in [1.165, 1.54) is 18.1 Å². The Balaban J connectivity index is 0.000000287. The van der Waals surface area contributed by atoms with Crippen molar-refractivity contribution in [3.63, 3.8) is 0 Å². The first-order chi connectivity index (χ1) is 40.7. The molecule has 4 aliphatic carbocycles. The largest absolute Gasteiger partial charge is 0.376 e. The van der Waals surface area contributed by atoms with Gasteiger partial charge in [0.05, 0.1) is 23.5 Å². The Morgan fingerprint density at radius 2 is 1.20 bits per heavy atom. The predicted molar refractivity (Wildman–Crippen MR) is 306 cm³/mol. The first-order valence-electron chi connectivity index (χ1n) is 28.7. The molecule has 7 nitrogen and oxygen atoms in total. The van der Waals surface area contributed by atoms with Gasteiger partial charge in [-0.15, -0.1) is 0 Å². The average molecular weight is 1910 g/mol. The second kappa shape index (κ2) is 33.6. The molecule has 5 aliphatic rings. The molecule has 4 unspecified atom stereocenters. The van der Waals surface area contributed by atoms with Gasteiger partial charge in [0.25, 0.3) is 5.91 Å². The maximum atomic E-state index is 14.0. The molecule has 0 saturated carbocycles. The molecule has 1 N–H and O–H groups in total. The van der Waals surface area contributed by atoms with Crippen molar-refractivity contribution in [3.8, 4) is 59.2 Å². The van der Waals surface area contributed by atoms with Crippen molar-refractivity contribution in [2.24, 2.45) is 11.8 Å². The van der Waals surface area contributed by atoms with Crippen LogP contribution in [0.4, 0.5) is 32.0 Å². The molecule has 1 heterocycles. The summed E-state index contributed by atoms with van der Waals surface area (Å²) in [7, 11) is 1.76. The van der Waals surface area contributed by atoms with Crippen LogP contribution in [0, 0.1) is 71.0 Å². The number of aldehydes is 2. The quantitative estimate of drug-likeness (QED) is 0.0683. The van der Waals surface area contributed by atoms with Crippen molar-refractivity contribution >= 4 is 29.9 Å². The third-order valence-corrected chi connectivity index (χ3v) is 13.9. The van der Waals surface area contributed by atoms with Crippen LogP contribution in [0.25, 0.3) is 0 Å². The number of ether oxygens (including phenoxy) is 2. The number of carbonyl (C=O) groups excluding carboxylic acids is 4. The number of Topliss-reactive ketones (excluding diaryl/α,β-unsaturated/α-hetero) is 1. The maximum Gasteiger partial charge on any atom is 0.311 e. The molecule has 469 valence electrons. The zero-order valence-corrected chi connectivity index (χ0v) is 53.1. The number of methoxy groups -OCH3 is 1. The van der Waals surface area contributed by atoms with E-state index in [4.69, 9.17) is 13.6 Å². The van der Waals surface area contributed by atoms with Crippen molar-refractivity contribution in [2.45, 2.75) is 133 Å². The molecular formula is C69H65F6Lr3NO6. The van der Waals surface area contributed by atoms with Crippen LogP contribution in [0.5, 0.6) is 0 Å². The van der Waals surface area contributed by atoms with Gasteiger partial charge in [-0.2, -0.15) is 26.3 Å². The van der Waals surface area contributed by atoms with Crippen LogP contribution in [0.3, 0.4) is 0 Å². The normalized spacial score (nSPS) is 19.8. The van der Waals surface area contributed by atoms with Gasteiger partial charge in [0.2, 0.25) is 0 Å². The van der Waals surface area contributed by atoms with E-state index in [-0.39, 0.29) is 56.2 Å². The van der Waals surface area contributed by atoms with E-state index in [2.05, 4.69) is 77.7 Å². The van der Waals surface area contributed by atoms with Crippen molar-refractivity contribution < 1.29 is 59.1 Å². The summed E-state index contributed by atoms with van der Waals surface area (Å²) in [6.07, 6.45) is 4.39. The third kappa shape index (κ3) is 21.1. The summed E-state index contributed by atoms with van der Waals surface area (Å²) in [6.45, 7) is 1.16. The van der Waals surface area contributed by atoms with Crippen LogP contribution in [-0.2, 0) is 31.9 Å². The minimum atomic E-state index is -3.10. The molecule has 0 saturated heterocycles. The summed E-state index contributed by atoms with van der Waals surface area (Å²) in [4.78, 5) is 44.2. The van der Waals surface area contributed by atoms with E-state index >= 15 is 0 Å². The second-order valence-electron chi connectivity index (χ2n) is 19.9. The zero-order valence-electron chi connectivity index (χ0n) is 49.6. The van der Waals surface area contributed by atoms with Crippen molar-refractivity contribution in [2.75, 3.05) is 19.0 Å². The number of anilines is 1. The fourth-order valence-electron chi connectivity index (χ4n) is 9.28. The molecule has 0 spiro atoms. The van der Waals surface area contributed by atoms with Crippen LogP contribution in [0.2, 0.25) is 1.41 Å². The van der Waals surface area contributed by atoms with Crippen molar-refractivity contribution in [1.82, 2.24) is 0 Å².